The molecule has 0 unspecified atom stereocenters. The second-order valence-corrected chi connectivity index (χ2v) is 6.04. The fourth-order valence-corrected chi connectivity index (χ4v) is 2.90. The maximum Gasteiger partial charge on any atom is 0.132 e. The Morgan fingerprint density at radius 2 is 2.00 bits per heavy atom. The first-order chi connectivity index (χ1) is 9.65. The lowest BCUT2D eigenvalue weighted by Gasteiger charge is -2.08. The lowest BCUT2D eigenvalue weighted by atomic mass is 10.1. The Kier molecular flexibility index (Phi) is 2.43. The third-order valence-corrected chi connectivity index (χ3v) is 4.27. The summed E-state index contributed by atoms with van der Waals surface area (Å²) in [6, 6.07) is 5.35. The number of anilines is 1. The van der Waals surface area contributed by atoms with Crippen LogP contribution in [0.4, 0.5) is 10.2 Å². The fourth-order valence-electron chi connectivity index (χ4n) is 2.90. The monoisotopic (exact) mass is 271 g/mol. The van der Waals surface area contributed by atoms with Crippen LogP contribution in [0.25, 0.3) is 11.3 Å². The van der Waals surface area contributed by atoms with Gasteiger partial charge in [0.15, 0.2) is 0 Å². The number of hydrogen-bond donors (Lipinski definition) is 1. The van der Waals surface area contributed by atoms with Crippen molar-refractivity contribution in [1.29, 1.82) is 0 Å². The molecule has 4 rings (SSSR count). The number of nitrogens with two attached hydrogens (primary N) is 1. The Morgan fingerprint density at radius 3 is 2.60 bits per heavy atom. The maximum atomic E-state index is 13.3. The zero-order chi connectivity index (χ0) is 13.9. The second-order valence-electron chi connectivity index (χ2n) is 6.04. The van der Waals surface area contributed by atoms with E-state index >= 15 is 0 Å². The minimum Gasteiger partial charge on any atom is -0.383 e. The highest BCUT2D eigenvalue weighted by Crippen LogP contribution is 2.48. The van der Waals surface area contributed by atoms with Crippen LogP contribution in [-0.2, 0) is 0 Å². The average molecular weight is 271 g/mol. The zero-order valence-corrected chi connectivity index (χ0v) is 11.6. The summed E-state index contributed by atoms with van der Waals surface area (Å²) in [5.41, 5.74) is 9.02. The molecule has 0 radical (unpaired) electrons. The topological polar surface area (TPSA) is 43.8 Å². The van der Waals surface area contributed by atoms with Gasteiger partial charge in [0.1, 0.15) is 23.2 Å². The number of aryl methyl sites for hydroxylation is 1. The van der Waals surface area contributed by atoms with Gasteiger partial charge in [-0.05, 0) is 56.4 Å². The highest BCUT2D eigenvalue weighted by Gasteiger charge is 2.36. The van der Waals surface area contributed by atoms with Crippen LogP contribution in [0.3, 0.4) is 0 Å². The third kappa shape index (κ3) is 1.82. The molecule has 2 N–H and O–H groups in total. The Morgan fingerprint density at radius 1 is 1.25 bits per heavy atom. The summed E-state index contributed by atoms with van der Waals surface area (Å²) in [6.45, 7) is 1.91. The van der Waals surface area contributed by atoms with Crippen molar-refractivity contribution < 1.29 is 4.39 Å². The van der Waals surface area contributed by atoms with Gasteiger partial charge in [0.05, 0.1) is 0 Å². The number of aromatic nitrogens is 2. The number of rotatable bonds is 3. The number of nitrogen functional groups attached to an aromatic ring is 1. The standard InChI is InChI=1S/C16H18FN3/c1-9-8-11(17)4-7-13(9)14-15(18)20(12-5-6-12)16(19-14)10-2-3-10/h4,7-8,10,12H,2-3,5-6,18H2,1H3. The van der Waals surface area contributed by atoms with Crippen molar-refractivity contribution in [2.75, 3.05) is 5.73 Å². The largest absolute Gasteiger partial charge is 0.383 e. The summed E-state index contributed by atoms with van der Waals surface area (Å²) < 4.78 is 15.5. The van der Waals surface area contributed by atoms with Crippen LogP contribution < -0.4 is 5.73 Å². The number of hydrogen-bond acceptors (Lipinski definition) is 2. The third-order valence-electron chi connectivity index (χ3n) is 4.27. The molecule has 2 aliphatic carbocycles. The lowest BCUT2D eigenvalue weighted by Crippen LogP contribution is -2.04. The molecule has 20 heavy (non-hydrogen) atoms. The van der Waals surface area contributed by atoms with E-state index < -0.39 is 0 Å². The van der Waals surface area contributed by atoms with Crippen LogP contribution in [0.5, 0.6) is 0 Å². The molecule has 2 fully saturated rings. The van der Waals surface area contributed by atoms with Gasteiger partial charge in [-0.25, -0.2) is 9.37 Å². The van der Waals surface area contributed by atoms with Gasteiger partial charge < -0.3 is 10.3 Å². The predicted octanol–water partition coefficient (Wildman–Crippen LogP) is 3.79. The molecule has 4 heteroatoms. The van der Waals surface area contributed by atoms with Gasteiger partial charge in [-0.3, -0.25) is 0 Å². The summed E-state index contributed by atoms with van der Waals surface area (Å²) in [5, 5.41) is 0. The first-order valence-electron chi connectivity index (χ1n) is 7.29. The second kappa shape index (κ2) is 4.08. The molecule has 2 aliphatic rings. The van der Waals surface area contributed by atoms with Crippen molar-refractivity contribution in [2.45, 2.75) is 44.6 Å². The Bertz CT molecular complexity index is 681. The van der Waals surface area contributed by atoms with Crippen molar-refractivity contribution in [3.8, 4) is 11.3 Å². The van der Waals surface area contributed by atoms with E-state index in [0.717, 1.165) is 28.5 Å². The van der Waals surface area contributed by atoms with Crippen LogP contribution in [0.15, 0.2) is 18.2 Å². The van der Waals surface area contributed by atoms with Crippen LogP contribution in [0.2, 0.25) is 0 Å². The van der Waals surface area contributed by atoms with Gasteiger partial charge in [0, 0.05) is 17.5 Å². The molecule has 0 aliphatic heterocycles. The van der Waals surface area contributed by atoms with Gasteiger partial charge >= 0.3 is 0 Å². The number of halogens is 1. The van der Waals surface area contributed by atoms with E-state index in [2.05, 4.69) is 4.57 Å². The van der Waals surface area contributed by atoms with Crippen molar-refractivity contribution in [3.63, 3.8) is 0 Å². The molecule has 3 nitrogen and oxygen atoms in total. The van der Waals surface area contributed by atoms with Crippen LogP contribution in [0.1, 0.15) is 49.0 Å². The molecular formula is C16H18FN3. The van der Waals surface area contributed by atoms with E-state index in [-0.39, 0.29) is 5.82 Å². The molecule has 1 aromatic heterocycles. The Balaban J connectivity index is 1.87. The fraction of sp³-hybridized carbons (Fsp3) is 0.438. The molecular weight excluding hydrogens is 253 g/mol. The van der Waals surface area contributed by atoms with E-state index in [9.17, 15) is 4.39 Å². The molecule has 0 amide bonds. The van der Waals surface area contributed by atoms with Crippen molar-refractivity contribution in [2.24, 2.45) is 0 Å². The SMILES string of the molecule is Cc1cc(F)ccc1-c1nc(C2CC2)n(C2CC2)c1N. The van der Waals surface area contributed by atoms with E-state index in [0.29, 0.717) is 12.0 Å². The molecule has 2 aromatic rings. The average Bonchev–Trinajstić information content (AvgIpc) is 3.29. The van der Waals surface area contributed by atoms with Gasteiger partial charge in [0.25, 0.3) is 0 Å². The van der Waals surface area contributed by atoms with Gasteiger partial charge in [-0.1, -0.05) is 0 Å². The molecule has 0 bridgehead atoms. The van der Waals surface area contributed by atoms with Gasteiger partial charge in [0.2, 0.25) is 0 Å². The molecule has 0 spiro atoms. The summed E-state index contributed by atoms with van der Waals surface area (Å²) >= 11 is 0. The number of benzene rings is 1. The molecule has 0 atom stereocenters. The van der Waals surface area contributed by atoms with E-state index in [1.165, 1.54) is 31.7 Å². The lowest BCUT2D eigenvalue weighted by molar-refractivity contribution is 0.627. The van der Waals surface area contributed by atoms with Gasteiger partial charge in [-0.2, -0.15) is 0 Å². The zero-order valence-electron chi connectivity index (χ0n) is 11.6. The molecule has 104 valence electrons. The first kappa shape index (κ1) is 11.9. The Labute approximate surface area is 117 Å². The predicted molar refractivity (Wildman–Crippen MR) is 77.0 cm³/mol. The maximum absolute atomic E-state index is 13.3. The van der Waals surface area contributed by atoms with E-state index in [1.807, 2.05) is 6.92 Å². The first-order valence-corrected chi connectivity index (χ1v) is 7.29. The molecule has 1 aromatic carbocycles. The Hall–Kier alpha value is -1.84. The van der Waals surface area contributed by atoms with Crippen molar-refractivity contribution in [1.82, 2.24) is 9.55 Å². The van der Waals surface area contributed by atoms with E-state index in [1.54, 1.807) is 12.1 Å². The smallest absolute Gasteiger partial charge is 0.132 e. The highest BCUT2D eigenvalue weighted by molar-refractivity contribution is 5.74. The minimum absolute atomic E-state index is 0.214. The van der Waals surface area contributed by atoms with Crippen LogP contribution in [-0.4, -0.2) is 9.55 Å². The summed E-state index contributed by atoms with van der Waals surface area (Å²) in [7, 11) is 0. The van der Waals surface area contributed by atoms with Crippen LogP contribution >= 0.6 is 0 Å². The van der Waals surface area contributed by atoms with Gasteiger partial charge in [-0.15, -0.1) is 0 Å². The van der Waals surface area contributed by atoms with Crippen molar-refractivity contribution >= 4 is 5.82 Å². The van der Waals surface area contributed by atoms with Crippen LogP contribution in [0, 0.1) is 12.7 Å². The normalized spacial score (nSPS) is 18.5. The molecule has 2 saturated carbocycles. The summed E-state index contributed by atoms with van der Waals surface area (Å²) in [6.07, 6.45) is 4.82. The summed E-state index contributed by atoms with van der Waals surface area (Å²) in [5.74, 6) is 2.26. The van der Waals surface area contributed by atoms with E-state index in [4.69, 9.17) is 10.7 Å². The quantitative estimate of drug-likeness (QED) is 0.923. The molecule has 0 saturated heterocycles. The van der Waals surface area contributed by atoms with Crippen molar-refractivity contribution in [3.05, 3.63) is 35.4 Å². The summed E-state index contributed by atoms with van der Waals surface area (Å²) in [4.78, 5) is 4.81. The number of imidazole rings is 1. The minimum atomic E-state index is -0.214. The number of nitrogens with zero attached hydrogens (tertiary/aromatic N) is 2. The highest BCUT2D eigenvalue weighted by atomic mass is 19.1. The molecule has 1 heterocycles.